The van der Waals surface area contributed by atoms with Crippen LogP contribution in [0.3, 0.4) is 0 Å². The first-order valence-corrected chi connectivity index (χ1v) is 10.9. The summed E-state index contributed by atoms with van der Waals surface area (Å²) in [5, 5.41) is 0. The van der Waals surface area contributed by atoms with Gasteiger partial charge in [-0.3, -0.25) is 4.79 Å². The molecule has 0 atom stereocenters. The number of para-hydroxylation sites is 1. The fourth-order valence-corrected chi connectivity index (χ4v) is 4.44. The Morgan fingerprint density at radius 2 is 1.82 bits per heavy atom. The Morgan fingerprint density at radius 1 is 1.07 bits per heavy atom. The number of hydrogen-bond acceptors (Lipinski definition) is 4. The Labute approximate surface area is 167 Å². The summed E-state index contributed by atoms with van der Waals surface area (Å²) in [6.07, 6.45) is 0.135. The normalized spacial score (nSPS) is 14.5. The van der Waals surface area contributed by atoms with E-state index in [9.17, 15) is 13.2 Å². The lowest BCUT2D eigenvalue weighted by Gasteiger charge is -2.21. The zero-order chi connectivity index (χ0) is 20.3. The highest BCUT2D eigenvalue weighted by Gasteiger charge is 2.22. The predicted molar refractivity (Wildman–Crippen MR) is 111 cm³/mol. The number of anilines is 1. The minimum Gasteiger partial charge on any atom is -0.373 e. The average molecular weight is 402 g/mol. The Balaban J connectivity index is 1.60. The van der Waals surface area contributed by atoms with Crippen LogP contribution in [-0.4, -0.2) is 45.9 Å². The molecule has 28 heavy (non-hydrogen) atoms. The lowest BCUT2D eigenvalue weighted by atomic mass is 10.1. The Bertz CT molecular complexity index is 973. The molecule has 0 saturated heterocycles. The lowest BCUT2D eigenvalue weighted by Crippen LogP contribution is -2.36. The quantitative estimate of drug-likeness (QED) is 0.836. The third kappa shape index (κ3) is 4.54. The molecule has 1 amide bonds. The van der Waals surface area contributed by atoms with Gasteiger partial charge in [-0.05, 0) is 48.7 Å². The molecule has 0 spiro atoms. The number of benzene rings is 2. The van der Waals surface area contributed by atoms with Gasteiger partial charge in [0.05, 0.1) is 4.90 Å². The molecule has 150 valence electrons. The molecule has 2 aromatic carbocycles. The molecule has 7 heteroatoms. The Kier molecular flexibility index (Phi) is 6.05. The van der Waals surface area contributed by atoms with E-state index in [1.165, 1.54) is 0 Å². The fraction of sp³-hybridized carbons (Fsp3) is 0.381. The van der Waals surface area contributed by atoms with E-state index in [0.717, 1.165) is 28.9 Å². The summed E-state index contributed by atoms with van der Waals surface area (Å²) >= 11 is 0. The molecule has 0 fully saturated rings. The second-order valence-corrected chi connectivity index (χ2v) is 9.03. The molecule has 0 unspecified atom stereocenters. The number of nitrogens with one attached hydrogen (secondary N) is 1. The topological polar surface area (TPSA) is 69.7 Å². The summed E-state index contributed by atoms with van der Waals surface area (Å²) < 4.78 is 27.5. The average Bonchev–Trinajstić information content (AvgIpc) is 2.83. The summed E-state index contributed by atoms with van der Waals surface area (Å²) in [4.78, 5) is 16.8. The van der Waals surface area contributed by atoms with E-state index < -0.39 is 10.0 Å². The number of fused-ring (bicyclic) bond motifs is 1. The number of nitrogens with zero attached hydrogens (tertiary/aromatic N) is 2. The summed E-state index contributed by atoms with van der Waals surface area (Å²) in [6, 6.07) is 13.1. The van der Waals surface area contributed by atoms with Crippen LogP contribution in [0.1, 0.15) is 23.1 Å². The van der Waals surface area contributed by atoms with Gasteiger partial charge in [0.2, 0.25) is 15.9 Å². The van der Waals surface area contributed by atoms with Gasteiger partial charge < -0.3 is 9.80 Å². The van der Waals surface area contributed by atoms with Gasteiger partial charge in [0.25, 0.3) is 0 Å². The Hall–Kier alpha value is -2.38. The van der Waals surface area contributed by atoms with Crippen LogP contribution in [0.2, 0.25) is 0 Å². The van der Waals surface area contributed by atoms with Crippen molar-refractivity contribution < 1.29 is 13.2 Å². The van der Waals surface area contributed by atoms with Crippen molar-refractivity contribution in [3.05, 3.63) is 59.2 Å². The molecule has 2 aromatic rings. The van der Waals surface area contributed by atoms with Crippen LogP contribution in [0.4, 0.5) is 5.69 Å². The summed E-state index contributed by atoms with van der Waals surface area (Å²) in [5.74, 6) is -0.0483. The van der Waals surface area contributed by atoms with Crippen molar-refractivity contribution in [3.8, 4) is 0 Å². The molecular formula is C21H27N3O3S. The van der Waals surface area contributed by atoms with Crippen molar-refractivity contribution in [2.75, 3.05) is 31.6 Å². The Morgan fingerprint density at radius 3 is 2.57 bits per heavy atom. The second-order valence-electron chi connectivity index (χ2n) is 7.26. The third-order valence-electron chi connectivity index (χ3n) is 5.24. The highest BCUT2D eigenvalue weighted by atomic mass is 32.2. The molecule has 0 bridgehead atoms. The minimum atomic E-state index is -3.62. The van der Waals surface area contributed by atoms with Crippen LogP contribution in [0.25, 0.3) is 0 Å². The first kappa shape index (κ1) is 20.4. The fourth-order valence-electron chi connectivity index (χ4n) is 3.32. The van der Waals surface area contributed by atoms with Crippen molar-refractivity contribution in [2.24, 2.45) is 0 Å². The molecule has 0 aromatic heterocycles. The first-order chi connectivity index (χ1) is 13.3. The van der Waals surface area contributed by atoms with Gasteiger partial charge in [0, 0.05) is 45.3 Å². The van der Waals surface area contributed by atoms with Gasteiger partial charge in [-0.1, -0.05) is 24.3 Å². The number of likely N-dealkylation sites (N-methyl/N-ethyl adjacent to an activating group) is 1. The molecule has 0 aliphatic carbocycles. The SMILES string of the molecule is Cc1ccc(S(=O)(=O)NCCC(=O)N2CCN(C)c3ccccc3C2)cc1C. The van der Waals surface area contributed by atoms with Gasteiger partial charge in [0.15, 0.2) is 0 Å². The van der Waals surface area contributed by atoms with Gasteiger partial charge in [-0.2, -0.15) is 0 Å². The van der Waals surface area contributed by atoms with E-state index in [-0.39, 0.29) is 23.8 Å². The van der Waals surface area contributed by atoms with Crippen molar-refractivity contribution in [3.63, 3.8) is 0 Å². The van der Waals surface area contributed by atoms with Gasteiger partial charge >= 0.3 is 0 Å². The standard InChI is InChI=1S/C21H27N3O3S/c1-16-8-9-19(14-17(16)2)28(26,27)22-11-10-21(25)24-13-12-23(3)20-7-5-4-6-18(20)15-24/h4-9,14,22H,10-13,15H2,1-3H3. The zero-order valence-corrected chi connectivity index (χ0v) is 17.4. The zero-order valence-electron chi connectivity index (χ0n) is 16.6. The van der Waals surface area contributed by atoms with Crippen LogP contribution >= 0.6 is 0 Å². The van der Waals surface area contributed by atoms with Gasteiger partial charge in [-0.15, -0.1) is 0 Å². The predicted octanol–water partition coefficient (Wildman–Crippen LogP) is 2.45. The van der Waals surface area contributed by atoms with Crippen LogP contribution in [0.5, 0.6) is 0 Å². The third-order valence-corrected chi connectivity index (χ3v) is 6.70. The smallest absolute Gasteiger partial charge is 0.240 e. The number of hydrogen-bond donors (Lipinski definition) is 1. The van der Waals surface area contributed by atoms with Gasteiger partial charge in [-0.25, -0.2) is 13.1 Å². The van der Waals surface area contributed by atoms with Gasteiger partial charge in [0.1, 0.15) is 0 Å². The highest BCUT2D eigenvalue weighted by Crippen LogP contribution is 2.23. The maximum absolute atomic E-state index is 12.7. The number of amides is 1. The lowest BCUT2D eigenvalue weighted by molar-refractivity contribution is -0.131. The molecule has 1 aliphatic rings. The molecular weight excluding hydrogens is 374 g/mol. The molecule has 0 saturated carbocycles. The molecule has 1 N–H and O–H groups in total. The van der Waals surface area contributed by atoms with E-state index in [4.69, 9.17) is 0 Å². The number of carbonyl (C=O) groups is 1. The maximum atomic E-state index is 12.7. The van der Waals surface area contributed by atoms with E-state index in [1.54, 1.807) is 23.1 Å². The largest absolute Gasteiger partial charge is 0.373 e. The molecule has 1 heterocycles. The number of sulfonamides is 1. The summed E-state index contributed by atoms with van der Waals surface area (Å²) in [7, 11) is -1.60. The van der Waals surface area contributed by atoms with Crippen LogP contribution < -0.4 is 9.62 Å². The second kappa shape index (κ2) is 8.32. The maximum Gasteiger partial charge on any atom is 0.240 e. The van der Waals surface area contributed by atoms with Crippen molar-refractivity contribution in [1.29, 1.82) is 0 Å². The monoisotopic (exact) mass is 401 g/mol. The minimum absolute atomic E-state index is 0.0483. The van der Waals surface area contributed by atoms with Crippen LogP contribution in [0.15, 0.2) is 47.4 Å². The molecule has 6 nitrogen and oxygen atoms in total. The van der Waals surface area contributed by atoms with Crippen molar-refractivity contribution in [2.45, 2.75) is 31.7 Å². The van der Waals surface area contributed by atoms with E-state index in [0.29, 0.717) is 13.1 Å². The summed E-state index contributed by atoms with van der Waals surface area (Å²) in [5.41, 5.74) is 4.20. The van der Waals surface area contributed by atoms with E-state index in [2.05, 4.69) is 15.7 Å². The number of aryl methyl sites for hydroxylation is 2. The molecule has 3 rings (SSSR count). The van der Waals surface area contributed by atoms with Crippen LogP contribution in [0, 0.1) is 13.8 Å². The van der Waals surface area contributed by atoms with E-state index >= 15 is 0 Å². The molecule has 0 radical (unpaired) electrons. The first-order valence-electron chi connectivity index (χ1n) is 9.41. The molecule has 1 aliphatic heterocycles. The van der Waals surface area contributed by atoms with E-state index in [1.807, 2.05) is 39.1 Å². The number of carbonyl (C=O) groups excluding carboxylic acids is 1. The summed E-state index contributed by atoms with van der Waals surface area (Å²) in [6.45, 7) is 5.82. The van der Waals surface area contributed by atoms with Crippen molar-refractivity contribution in [1.82, 2.24) is 9.62 Å². The highest BCUT2D eigenvalue weighted by molar-refractivity contribution is 7.89. The number of rotatable bonds is 5. The van der Waals surface area contributed by atoms with Crippen molar-refractivity contribution >= 4 is 21.6 Å². The van der Waals surface area contributed by atoms with Crippen LogP contribution in [-0.2, 0) is 21.4 Å².